The minimum Gasteiger partial charge on any atom is -0.508 e. The predicted molar refractivity (Wildman–Crippen MR) is 69.7 cm³/mol. The number of methoxy groups -OCH3 is 1. The Bertz CT molecular complexity index is 395. The van der Waals surface area contributed by atoms with E-state index in [1.54, 1.807) is 13.2 Å². The predicted octanol–water partition coefficient (Wildman–Crippen LogP) is 1.37. The molecule has 0 aromatic heterocycles. The summed E-state index contributed by atoms with van der Waals surface area (Å²) in [5.74, 6) is 0.305. The van der Waals surface area contributed by atoms with Crippen LogP contribution in [0.1, 0.15) is 30.0 Å². The van der Waals surface area contributed by atoms with E-state index in [1.165, 1.54) is 5.56 Å². The molecule has 0 fully saturated rings. The monoisotopic (exact) mass is 251 g/mol. The third-order valence-electron chi connectivity index (χ3n) is 3.40. The zero-order valence-electron chi connectivity index (χ0n) is 10.7. The molecule has 0 amide bonds. The molecule has 1 aliphatic rings. The summed E-state index contributed by atoms with van der Waals surface area (Å²) in [6, 6.07) is 5.77. The molecule has 0 saturated carbocycles. The molecule has 3 N–H and O–H groups in total. The van der Waals surface area contributed by atoms with Crippen molar-refractivity contribution in [2.45, 2.75) is 31.4 Å². The van der Waals surface area contributed by atoms with Crippen LogP contribution in [0, 0.1) is 0 Å². The van der Waals surface area contributed by atoms with Crippen molar-refractivity contribution < 1.29 is 14.9 Å². The van der Waals surface area contributed by atoms with Crippen LogP contribution in [0.4, 0.5) is 0 Å². The molecule has 4 heteroatoms. The van der Waals surface area contributed by atoms with Gasteiger partial charge in [-0.1, -0.05) is 6.07 Å². The SMILES string of the molecule is COCC(O)CNC1CCCc2ccc(O)cc21. The first-order chi connectivity index (χ1) is 8.70. The van der Waals surface area contributed by atoms with Crippen LogP contribution in [0.25, 0.3) is 0 Å². The highest BCUT2D eigenvalue weighted by Gasteiger charge is 2.20. The Balaban J connectivity index is 2.01. The maximum Gasteiger partial charge on any atom is 0.115 e. The van der Waals surface area contributed by atoms with Crippen LogP contribution in [-0.4, -0.2) is 36.6 Å². The number of fused-ring (bicyclic) bond motifs is 1. The van der Waals surface area contributed by atoms with E-state index in [1.807, 2.05) is 12.1 Å². The van der Waals surface area contributed by atoms with E-state index >= 15 is 0 Å². The smallest absolute Gasteiger partial charge is 0.115 e. The van der Waals surface area contributed by atoms with Gasteiger partial charge in [-0.25, -0.2) is 0 Å². The van der Waals surface area contributed by atoms with E-state index in [0.29, 0.717) is 18.9 Å². The molecule has 4 nitrogen and oxygen atoms in total. The molecule has 100 valence electrons. The van der Waals surface area contributed by atoms with Crippen molar-refractivity contribution in [2.24, 2.45) is 0 Å². The van der Waals surface area contributed by atoms with Gasteiger partial charge in [0.25, 0.3) is 0 Å². The Labute approximate surface area is 108 Å². The molecule has 1 aromatic rings. The average Bonchev–Trinajstić information content (AvgIpc) is 2.36. The number of benzene rings is 1. The molecule has 0 heterocycles. The summed E-state index contributed by atoms with van der Waals surface area (Å²) in [5.41, 5.74) is 2.45. The van der Waals surface area contributed by atoms with Gasteiger partial charge in [-0.05, 0) is 42.5 Å². The Morgan fingerprint density at radius 1 is 1.50 bits per heavy atom. The van der Waals surface area contributed by atoms with E-state index in [4.69, 9.17) is 4.74 Å². The van der Waals surface area contributed by atoms with E-state index < -0.39 is 6.10 Å². The highest BCUT2D eigenvalue weighted by atomic mass is 16.5. The first kappa shape index (κ1) is 13.3. The lowest BCUT2D eigenvalue weighted by atomic mass is 9.87. The molecule has 2 rings (SSSR count). The minimum absolute atomic E-state index is 0.215. The summed E-state index contributed by atoms with van der Waals surface area (Å²) in [7, 11) is 1.58. The first-order valence-corrected chi connectivity index (χ1v) is 6.43. The quantitative estimate of drug-likeness (QED) is 0.739. The van der Waals surface area contributed by atoms with Gasteiger partial charge in [-0.15, -0.1) is 0 Å². The van der Waals surface area contributed by atoms with Gasteiger partial charge in [0, 0.05) is 19.7 Å². The number of aliphatic hydroxyl groups is 1. The summed E-state index contributed by atoms with van der Waals surface area (Å²) in [6.45, 7) is 0.847. The number of ether oxygens (including phenoxy) is 1. The standard InChI is InChI=1S/C14H21NO3/c1-18-9-12(17)8-15-14-4-2-3-10-5-6-11(16)7-13(10)14/h5-7,12,14-17H,2-4,8-9H2,1H3. The normalized spacial score (nSPS) is 20.4. The zero-order chi connectivity index (χ0) is 13.0. The average molecular weight is 251 g/mol. The van der Waals surface area contributed by atoms with E-state index in [9.17, 15) is 10.2 Å². The molecule has 1 aliphatic carbocycles. The molecule has 1 aromatic carbocycles. The number of hydrogen-bond donors (Lipinski definition) is 3. The van der Waals surface area contributed by atoms with Gasteiger partial charge >= 0.3 is 0 Å². The second-order valence-corrected chi connectivity index (χ2v) is 4.85. The third-order valence-corrected chi connectivity index (χ3v) is 3.40. The Morgan fingerprint density at radius 3 is 3.11 bits per heavy atom. The van der Waals surface area contributed by atoms with Gasteiger partial charge in [0.1, 0.15) is 5.75 Å². The molecule has 0 saturated heterocycles. The highest BCUT2D eigenvalue weighted by molar-refractivity contribution is 5.38. The summed E-state index contributed by atoms with van der Waals surface area (Å²) in [5, 5.41) is 22.6. The highest BCUT2D eigenvalue weighted by Crippen LogP contribution is 2.31. The molecule has 2 atom stereocenters. The van der Waals surface area contributed by atoms with Crippen LogP contribution in [0.3, 0.4) is 0 Å². The third kappa shape index (κ3) is 3.22. The number of aryl methyl sites for hydroxylation is 1. The van der Waals surface area contributed by atoms with Crippen LogP contribution in [0.15, 0.2) is 18.2 Å². The maximum absolute atomic E-state index is 9.65. The lowest BCUT2D eigenvalue weighted by molar-refractivity contribution is 0.0622. The topological polar surface area (TPSA) is 61.7 Å². The molecule has 2 unspecified atom stereocenters. The van der Waals surface area contributed by atoms with Crippen molar-refractivity contribution in [1.82, 2.24) is 5.32 Å². The maximum atomic E-state index is 9.65. The van der Waals surface area contributed by atoms with Gasteiger partial charge in [0.2, 0.25) is 0 Å². The minimum atomic E-state index is -0.488. The van der Waals surface area contributed by atoms with Crippen molar-refractivity contribution in [3.8, 4) is 5.75 Å². The van der Waals surface area contributed by atoms with Gasteiger partial charge in [0.05, 0.1) is 12.7 Å². The molecule has 0 aliphatic heterocycles. The second-order valence-electron chi connectivity index (χ2n) is 4.85. The number of rotatable bonds is 5. The van der Waals surface area contributed by atoms with Crippen LogP contribution >= 0.6 is 0 Å². The molecular weight excluding hydrogens is 230 g/mol. The van der Waals surface area contributed by atoms with Crippen molar-refractivity contribution in [3.05, 3.63) is 29.3 Å². The lowest BCUT2D eigenvalue weighted by Crippen LogP contribution is -2.34. The van der Waals surface area contributed by atoms with Crippen LogP contribution in [-0.2, 0) is 11.2 Å². The second kappa shape index (κ2) is 6.18. The van der Waals surface area contributed by atoms with Crippen LogP contribution in [0.5, 0.6) is 5.75 Å². The number of hydrogen-bond acceptors (Lipinski definition) is 4. The van der Waals surface area contributed by atoms with E-state index in [2.05, 4.69) is 5.32 Å². The Kier molecular flexibility index (Phi) is 4.58. The molecule has 0 radical (unpaired) electrons. The molecular formula is C14H21NO3. The largest absolute Gasteiger partial charge is 0.508 e. The molecule has 0 spiro atoms. The Hall–Kier alpha value is -1.10. The fourth-order valence-corrected chi connectivity index (χ4v) is 2.53. The van der Waals surface area contributed by atoms with Gasteiger partial charge in [-0.2, -0.15) is 0 Å². The van der Waals surface area contributed by atoms with Gasteiger partial charge < -0.3 is 20.3 Å². The zero-order valence-corrected chi connectivity index (χ0v) is 10.7. The van der Waals surface area contributed by atoms with Crippen molar-refractivity contribution in [2.75, 3.05) is 20.3 Å². The molecule has 0 bridgehead atoms. The summed E-state index contributed by atoms with van der Waals surface area (Å²) < 4.78 is 4.90. The fourth-order valence-electron chi connectivity index (χ4n) is 2.53. The van der Waals surface area contributed by atoms with Crippen molar-refractivity contribution in [3.63, 3.8) is 0 Å². The lowest BCUT2D eigenvalue weighted by Gasteiger charge is -2.27. The van der Waals surface area contributed by atoms with E-state index in [0.717, 1.165) is 24.8 Å². The summed E-state index contributed by atoms with van der Waals surface area (Å²) in [4.78, 5) is 0. The summed E-state index contributed by atoms with van der Waals surface area (Å²) in [6.07, 6.45) is 2.75. The van der Waals surface area contributed by atoms with Gasteiger partial charge in [-0.3, -0.25) is 0 Å². The number of phenols is 1. The first-order valence-electron chi connectivity index (χ1n) is 6.43. The van der Waals surface area contributed by atoms with E-state index in [-0.39, 0.29) is 6.04 Å². The molecule has 18 heavy (non-hydrogen) atoms. The summed E-state index contributed by atoms with van der Waals surface area (Å²) >= 11 is 0. The van der Waals surface area contributed by atoms with Crippen molar-refractivity contribution in [1.29, 1.82) is 0 Å². The number of aliphatic hydroxyl groups excluding tert-OH is 1. The van der Waals surface area contributed by atoms with Crippen molar-refractivity contribution >= 4 is 0 Å². The fraction of sp³-hybridized carbons (Fsp3) is 0.571. The Morgan fingerprint density at radius 2 is 2.33 bits per heavy atom. The number of phenolic OH excluding ortho intramolecular Hbond substituents is 1. The number of aromatic hydroxyl groups is 1. The number of nitrogens with one attached hydrogen (secondary N) is 1. The van der Waals surface area contributed by atoms with Crippen LogP contribution in [0.2, 0.25) is 0 Å². The van der Waals surface area contributed by atoms with Crippen LogP contribution < -0.4 is 5.32 Å². The van der Waals surface area contributed by atoms with Gasteiger partial charge in [0.15, 0.2) is 0 Å².